The van der Waals surface area contributed by atoms with E-state index in [1.165, 1.54) is 25.7 Å². The van der Waals surface area contributed by atoms with Crippen molar-refractivity contribution in [3.05, 3.63) is 97.2 Å². The van der Waals surface area contributed by atoms with Crippen LogP contribution in [0.25, 0.3) is 0 Å². The quantitative estimate of drug-likeness (QED) is 0.0197. The van der Waals surface area contributed by atoms with Gasteiger partial charge in [0.1, 0.15) is 30.5 Å². The molecule has 1 aliphatic heterocycles. The lowest BCUT2D eigenvalue weighted by Crippen LogP contribution is -2.60. The van der Waals surface area contributed by atoms with E-state index in [9.17, 15) is 33.1 Å². The Morgan fingerprint density at radius 3 is 1.45 bits per heavy atom. The van der Waals surface area contributed by atoms with Crippen LogP contribution in [0.3, 0.4) is 0 Å². The van der Waals surface area contributed by atoms with Gasteiger partial charge >= 0.3 is 16.4 Å². The Bertz CT molecular complexity index is 1520. The monoisotopic (exact) mass is 949 g/mol. The number of aliphatic hydroxyl groups excluding tert-OH is 3. The highest BCUT2D eigenvalue weighted by Crippen LogP contribution is 2.26. The molecule has 378 valence electrons. The van der Waals surface area contributed by atoms with E-state index in [4.69, 9.17) is 18.9 Å². The Morgan fingerprint density at radius 2 is 1.00 bits per heavy atom. The van der Waals surface area contributed by atoms with E-state index >= 15 is 0 Å². The van der Waals surface area contributed by atoms with Gasteiger partial charge < -0.3 is 34.3 Å². The van der Waals surface area contributed by atoms with E-state index in [1.807, 2.05) is 0 Å². The third kappa shape index (κ3) is 36.1. The fourth-order valence-corrected chi connectivity index (χ4v) is 7.52. The van der Waals surface area contributed by atoms with Crippen LogP contribution in [-0.4, -0.2) is 97.5 Å². The lowest BCUT2D eigenvalue weighted by molar-refractivity contribution is -0.301. The molecule has 0 radical (unpaired) electrons. The second-order valence-corrected chi connectivity index (χ2v) is 17.7. The van der Waals surface area contributed by atoms with Crippen molar-refractivity contribution in [2.24, 2.45) is 0 Å². The molecule has 0 aromatic heterocycles. The highest BCUT2D eigenvalue weighted by Gasteiger charge is 2.48. The van der Waals surface area contributed by atoms with Crippen molar-refractivity contribution in [3.63, 3.8) is 0 Å². The van der Waals surface area contributed by atoms with E-state index in [1.54, 1.807) is 0 Å². The number of rotatable bonds is 42. The lowest BCUT2D eigenvalue weighted by Gasteiger charge is -2.41. The predicted octanol–water partition coefficient (Wildman–Crippen LogP) is 11.4. The van der Waals surface area contributed by atoms with Gasteiger partial charge in [-0.3, -0.25) is 9.35 Å². The van der Waals surface area contributed by atoms with Crippen LogP contribution in [0.2, 0.25) is 0 Å². The van der Waals surface area contributed by atoms with E-state index in [2.05, 4.69) is 115 Å². The summed E-state index contributed by atoms with van der Waals surface area (Å²) in [4.78, 5) is 12.9. The highest BCUT2D eigenvalue weighted by molar-refractivity contribution is 7.80. The Hall–Kier alpha value is -2.98. The normalized spacial score (nSPS) is 20.4. The summed E-state index contributed by atoms with van der Waals surface area (Å²) in [5.74, 6) is -0.419. The minimum absolute atomic E-state index is 0.0136. The molecule has 0 amide bonds. The second kappa shape index (κ2) is 43.3. The first-order valence-corrected chi connectivity index (χ1v) is 26.4. The summed E-state index contributed by atoms with van der Waals surface area (Å²) in [6.07, 6.45) is 50.0. The Kier molecular flexibility index (Phi) is 40.1. The largest absolute Gasteiger partial charge is 0.457 e. The molecular weight excluding hydrogens is 861 g/mol. The van der Waals surface area contributed by atoms with Crippen LogP contribution in [0.15, 0.2) is 97.2 Å². The maximum atomic E-state index is 12.9. The number of ether oxygens (including phenoxy) is 4. The predicted molar refractivity (Wildman–Crippen MR) is 266 cm³/mol. The number of aliphatic hydroxyl groups is 3. The first kappa shape index (κ1) is 61.0. The van der Waals surface area contributed by atoms with Crippen molar-refractivity contribution in [3.8, 4) is 0 Å². The molecule has 0 spiro atoms. The Balaban J connectivity index is 2.40. The standard InChI is InChI=1S/C53H88O12S/c1-3-5-7-9-11-13-15-17-19-21-23-24-25-26-28-30-32-34-36-38-40-42-49(55)63-47(46-62-53-51(57)52(65-66(58,59)60)50(56)48(44-54)64-53)45-61-43-41-39-37-35-33-31-29-27-22-20-18-16-14-12-10-8-6-4-2/h5-8,11-14,17-20,23-24,27,29,47-48,50-54,56-57H,3-4,9-10,15-16,21-22,25-26,28,30-46H2,1-2H3,(H,58,59,60)/b7-5-,8-6-,13-11-,14-12-,19-17-,20-18-,24-23-,29-27-. The lowest BCUT2D eigenvalue weighted by atomic mass is 9.99. The molecular formula is C53H88O12S. The van der Waals surface area contributed by atoms with Gasteiger partial charge in [-0.2, -0.15) is 8.42 Å². The molecule has 0 bridgehead atoms. The average Bonchev–Trinajstić information content (AvgIpc) is 3.29. The number of carbonyl (C=O) groups excluding carboxylic acids is 1. The molecule has 1 aliphatic rings. The van der Waals surface area contributed by atoms with Gasteiger partial charge in [0.15, 0.2) is 6.29 Å². The van der Waals surface area contributed by atoms with Gasteiger partial charge in [-0.1, -0.05) is 169 Å². The molecule has 1 fully saturated rings. The molecule has 1 heterocycles. The topological polar surface area (TPSA) is 178 Å². The van der Waals surface area contributed by atoms with Crippen LogP contribution in [0.4, 0.5) is 0 Å². The van der Waals surface area contributed by atoms with E-state index in [-0.39, 0.29) is 19.6 Å². The molecule has 1 rings (SSSR count). The third-order valence-electron chi connectivity index (χ3n) is 10.7. The molecule has 0 aliphatic carbocycles. The zero-order valence-electron chi connectivity index (χ0n) is 40.5. The minimum atomic E-state index is -5.07. The molecule has 13 heteroatoms. The van der Waals surface area contributed by atoms with Crippen LogP contribution in [0.5, 0.6) is 0 Å². The third-order valence-corrected chi connectivity index (χ3v) is 11.2. The first-order chi connectivity index (χ1) is 32.1. The summed E-state index contributed by atoms with van der Waals surface area (Å²) in [5.41, 5.74) is 0. The summed E-state index contributed by atoms with van der Waals surface area (Å²) in [6.45, 7) is 3.70. The Morgan fingerprint density at radius 1 is 0.576 bits per heavy atom. The number of hydrogen-bond acceptors (Lipinski definition) is 11. The zero-order chi connectivity index (χ0) is 48.2. The molecule has 12 nitrogen and oxygen atoms in total. The van der Waals surface area contributed by atoms with Gasteiger partial charge in [0.2, 0.25) is 0 Å². The van der Waals surface area contributed by atoms with Crippen LogP contribution >= 0.6 is 0 Å². The van der Waals surface area contributed by atoms with Gasteiger partial charge in [0, 0.05) is 13.0 Å². The van der Waals surface area contributed by atoms with Crippen LogP contribution in [0.1, 0.15) is 168 Å². The van der Waals surface area contributed by atoms with Gasteiger partial charge in [-0.15, -0.1) is 0 Å². The number of carbonyl (C=O) groups is 1. The van der Waals surface area contributed by atoms with Crippen LogP contribution < -0.4 is 0 Å². The van der Waals surface area contributed by atoms with Crippen molar-refractivity contribution in [2.75, 3.05) is 26.4 Å². The first-order valence-electron chi connectivity index (χ1n) is 25.0. The molecule has 4 N–H and O–H groups in total. The highest BCUT2D eigenvalue weighted by atomic mass is 32.3. The number of allylic oxidation sites excluding steroid dienone is 16. The second-order valence-electron chi connectivity index (χ2n) is 16.6. The number of hydrogen-bond donors (Lipinski definition) is 4. The minimum Gasteiger partial charge on any atom is -0.457 e. The fraction of sp³-hybridized carbons (Fsp3) is 0.679. The smallest absolute Gasteiger partial charge is 0.397 e. The zero-order valence-corrected chi connectivity index (χ0v) is 41.3. The molecule has 6 unspecified atom stereocenters. The van der Waals surface area contributed by atoms with Crippen molar-refractivity contribution < 1.29 is 56.2 Å². The summed E-state index contributed by atoms with van der Waals surface area (Å²) < 4.78 is 59.2. The van der Waals surface area contributed by atoms with Crippen LogP contribution in [-0.2, 0) is 38.3 Å². The molecule has 0 aromatic carbocycles. The maximum absolute atomic E-state index is 12.9. The van der Waals surface area contributed by atoms with Crippen LogP contribution in [0, 0.1) is 0 Å². The summed E-state index contributed by atoms with van der Waals surface area (Å²) >= 11 is 0. The van der Waals surface area contributed by atoms with Crippen molar-refractivity contribution in [1.82, 2.24) is 0 Å². The molecule has 1 saturated heterocycles. The van der Waals surface area contributed by atoms with Crippen molar-refractivity contribution in [2.45, 2.75) is 205 Å². The molecule has 6 atom stereocenters. The maximum Gasteiger partial charge on any atom is 0.397 e. The summed E-state index contributed by atoms with van der Waals surface area (Å²) in [5, 5.41) is 30.7. The van der Waals surface area contributed by atoms with Gasteiger partial charge in [-0.05, 0) is 89.9 Å². The molecule has 66 heavy (non-hydrogen) atoms. The Labute approximate surface area is 399 Å². The fourth-order valence-electron chi connectivity index (χ4n) is 7.01. The summed E-state index contributed by atoms with van der Waals surface area (Å²) in [6, 6.07) is 0. The van der Waals surface area contributed by atoms with E-state index in [0.717, 1.165) is 116 Å². The van der Waals surface area contributed by atoms with Gasteiger partial charge in [-0.25, -0.2) is 4.18 Å². The average molecular weight is 949 g/mol. The molecule has 0 saturated carbocycles. The SMILES string of the molecule is CC/C=C\C/C=C\C/C=C\C/C=C\CCCCCCCCCCC(=O)OC(COCCCCCCC/C=C\C/C=C\C/C=C\C/C=C\CC)COC1OC(CO)C(O)C(OS(=O)(=O)O)C1O. The van der Waals surface area contributed by atoms with Gasteiger partial charge in [0.25, 0.3) is 0 Å². The number of unbranched alkanes of at least 4 members (excludes halogenated alkanes) is 13. The number of esters is 1. The van der Waals surface area contributed by atoms with E-state index < -0.39 is 59.8 Å². The molecule has 0 aromatic rings. The van der Waals surface area contributed by atoms with Gasteiger partial charge in [0.05, 0.1) is 19.8 Å². The van der Waals surface area contributed by atoms with E-state index in [0.29, 0.717) is 13.0 Å². The van der Waals surface area contributed by atoms with Crippen molar-refractivity contribution in [1.29, 1.82) is 0 Å². The summed E-state index contributed by atoms with van der Waals surface area (Å²) in [7, 11) is -5.07. The van der Waals surface area contributed by atoms with Crippen molar-refractivity contribution >= 4 is 16.4 Å².